The van der Waals surface area contributed by atoms with Gasteiger partial charge in [0.15, 0.2) is 0 Å². The van der Waals surface area contributed by atoms with E-state index in [0.717, 1.165) is 12.8 Å². The lowest BCUT2D eigenvalue weighted by Crippen LogP contribution is -2.34. The topological polar surface area (TPSA) is 29.1 Å². The fraction of sp³-hybridized carbons (Fsp3) is 0.278. The van der Waals surface area contributed by atoms with Gasteiger partial charge in [0.05, 0.1) is 0 Å². The van der Waals surface area contributed by atoms with E-state index in [1.807, 2.05) is 43.3 Å². The van der Waals surface area contributed by atoms with Gasteiger partial charge in [-0.25, -0.2) is 0 Å². The molecule has 0 aliphatic heterocycles. The molecular weight excluding hydrogens is 246 g/mol. The molecule has 0 unspecified atom stereocenters. The zero-order valence-corrected chi connectivity index (χ0v) is 11.9. The van der Waals surface area contributed by atoms with Crippen LogP contribution in [0.25, 0.3) is 0 Å². The van der Waals surface area contributed by atoms with Gasteiger partial charge in [0.1, 0.15) is 0 Å². The second kappa shape index (κ2) is 7.49. The maximum atomic E-state index is 11.9. The Labute approximate surface area is 120 Å². The Morgan fingerprint density at radius 1 is 0.950 bits per heavy atom. The molecule has 1 N–H and O–H groups in total. The summed E-state index contributed by atoms with van der Waals surface area (Å²) in [6, 6.07) is 20.5. The summed E-state index contributed by atoms with van der Waals surface area (Å²) in [5.41, 5.74) is 2.46. The highest BCUT2D eigenvalue weighted by Crippen LogP contribution is 2.05. The molecule has 2 rings (SSSR count). The monoisotopic (exact) mass is 267 g/mol. The van der Waals surface area contributed by atoms with Gasteiger partial charge in [-0.2, -0.15) is 0 Å². The van der Waals surface area contributed by atoms with E-state index in [9.17, 15) is 4.79 Å². The molecule has 1 amide bonds. The van der Waals surface area contributed by atoms with E-state index in [1.165, 1.54) is 11.1 Å². The van der Waals surface area contributed by atoms with Crippen LogP contribution in [0.15, 0.2) is 60.7 Å². The minimum Gasteiger partial charge on any atom is -0.353 e. The van der Waals surface area contributed by atoms with Gasteiger partial charge in [-0.05, 0) is 30.9 Å². The SMILES string of the molecule is C[C@@H](Cc1ccccc1)NC(=O)CCc1ccccc1. The molecule has 0 bridgehead atoms. The van der Waals surface area contributed by atoms with Gasteiger partial charge in [0, 0.05) is 12.5 Å². The molecule has 0 fully saturated rings. The average molecular weight is 267 g/mol. The number of amides is 1. The zero-order chi connectivity index (χ0) is 14.2. The molecule has 0 saturated heterocycles. The van der Waals surface area contributed by atoms with Crippen LogP contribution in [0, 0.1) is 0 Å². The predicted octanol–water partition coefficient (Wildman–Crippen LogP) is 3.37. The summed E-state index contributed by atoms with van der Waals surface area (Å²) in [5.74, 6) is 0.122. The Balaban J connectivity index is 1.74. The van der Waals surface area contributed by atoms with E-state index >= 15 is 0 Å². The molecule has 20 heavy (non-hydrogen) atoms. The number of hydrogen-bond acceptors (Lipinski definition) is 1. The van der Waals surface area contributed by atoms with Gasteiger partial charge < -0.3 is 5.32 Å². The fourth-order valence-corrected chi connectivity index (χ4v) is 2.27. The summed E-state index contributed by atoms with van der Waals surface area (Å²) in [4.78, 5) is 11.9. The lowest BCUT2D eigenvalue weighted by Gasteiger charge is -2.14. The standard InChI is InChI=1S/C18H21NO/c1-15(14-17-10-6-3-7-11-17)19-18(20)13-12-16-8-4-2-5-9-16/h2-11,15H,12-14H2,1H3,(H,19,20)/t15-/m0/s1. The molecule has 0 spiro atoms. The number of benzene rings is 2. The lowest BCUT2D eigenvalue weighted by atomic mass is 10.1. The van der Waals surface area contributed by atoms with Crippen LogP contribution in [0.3, 0.4) is 0 Å². The first-order chi connectivity index (χ1) is 9.74. The molecule has 104 valence electrons. The Morgan fingerprint density at radius 3 is 2.10 bits per heavy atom. The second-order valence-corrected chi connectivity index (χ2v) is 5.14. The molecule has 0 heterocycles. The lowest BCUT2D eigenvalue weighted by molar-refractivity contribution is -0.121. The summed E-state index contributed by atoms with van der Waals surface area (Å²) in [7, 11) is 0. The summed E-state index contributed by atoms with van der Waals surface area (Å²) in [5, 5.41) is 3.06. The predicted molar refractivity (Wildman–Crippen MR) is 82.5 cm³/mol. The minimum absolute atomic E-state index is 0.122. The summed E-state index contributed by atoms with van der Waals surface area (Å²) < 4.78 is 0. The molecule has 0 saturated carbocycles. The molecule has 2 aromatic rings. The molecular formula is C18H21NO. The summed E-state index contributed by atoms with van der Waals surface area (Å²) in [6.45, 7) is 2.05. The Morgan fingerprint density at radius 2 is 1.50 bits per heavy atom. The minimum atomic E-state index is 0.122. The molecule has 2 heteroatoms. The number of hydrogen-bond donors (Lipinski definition) is 1. The third-order valence-electron chi connectivity index (χ3n) is 3.28. The van der Waals surface area contributed by atoms with Gasteiger partial charge >= 0.3 is 0 Å². The molecule has 0 radical (unpaired) electrons. The van der Waals surface area contributed by atoms with Crippen molar-refractivity contribution in [2.75, 3.05) is 0 Å². The van der Waals surface area contributed by atoms with Crippen LogP contribution >= 0.6 is 0 Å². The molecule has 0 aliphatic rings. The first-order valence-corrected chi connectivity index (χ1v) is 7.11. The van der Waals surface area contributed by atoms with Crippen LogP contribution in [0.4, 0.5) is 0 Å². The van der Waals surface area contributed by atoms with E-state index in [1.54, 1.807) is 0 Å². The molecule has 0 aliphatic carbocycles. The Hall–Kier alpha value is -2.09. The van der Waals surface area contributed by atoms with E-state index in [-0.39, 0.29) is 11.9 Å². The number of rotatable bonds is 6. The fourth-order valence-electron chi connectivity index (χ4n) is 2.27. The van der Waals surface area contributed by atoms with Gasteiger partial charge in [-0.3, -0.25) is 4.79 Å². The van der Waals surface area contributed by atoms with Crippen molar-refractivity contribution < 1.29 is 4.79 Å². The van der Waals surface area contributed by atoms with Crippen molar-refractivity contribution in [3.8, 4) is 0 Å². The van der Waals surface area contributed by atoms with Crippen LogP contribution in [-0.2, 0) is 17.6 Å². The van der Waals surface area contributed by atoms with Gasteiger partial charge in [0.25, 0.3) is 0 Å². The van der Waals surface area contributed by atoms with E-state index < -0.39 is 0 Å². The van der Waals surface area contributed by atoms with E-state index in [4.69, 9.17) is 0 Å². The van der Waals surface area contributed by atoms with Crippen molar-refractivity contribution in [1.82, 2.24) is 5.32 Å². The van der Waals surface area contributed by atoms with Crippen molar-refractivity contribution in [1.29, 1.82) is 0 Å². The van der Waals surface area contributed by atoms with Crippen LogP contribution < -0.4 is 5.32 Å². The maximum Gasteiger partial charge on any atom is 0.220 e. The Kier molecular flexibility index (Phi) is 5.36. The number of carbonyl (C=O) groups excluding carboxylic acids is 1. The van der Waals surface area contributed by atoms with Crippen LogP contribution in [-0.4, -0.2) is 11.9 Å². The molecule has 0 aromatic heterocycles. The van der Waals surface area contributed by atoms with Crippen LogP contribution in [0.5, 0.6) is 0 Å². The smallest absolute Gasteiger partial charge is 0.220 e. The van der Waals surface area contributed by atoms with Crippen molar-refractivity contribution in [3.05, 3.63) is 71.8 Å². The number of carbonyl (C=O) groups is 1. The van der Waals surface area contributed by atoms with Gasteiger partial charge in [-0.1, -0.05) is 60.7 Å². The first-order valence-electron chi connectivity index (χ1n) is 7.11. The average Bonchev–Trinajstić information content (AvgIpc) is 2.47. The van der Waals surface area contributed by atoms with Gasteiger partial charge in [0.2, 0.25) is 5.91 Å². The highest BCUT2D eigenvalue weighted by Gasteiger charge is 2.08. The van der Waals surface area contributed by atoms with Crippen LogP contribution in [0.2, 0.25) is 0 Å². The third-order valence-corrected chi connectivity index (χ3v) is 3.28. The number of nitrogens with one attached hydrogen (secondary N) is 1. The largest absolute Gasteiger partial charge is 0.353 e. The van der Waals surface area contributed by atoms with Crippen molar-refractivity contribution in [2.24, 2.45) is 0 Å². The van der Waals surface area contributed by atoms with Gasteiger partial charge in [-0.15, -0.1) is 0 Å². The highest BCUT2D eigenvalue weighted by atomic mass is 16.1. The molecule has 2 nitrogen and oxygen atoms in total. The second-order valence-electron chi connectivity index (χ2n) is 5.14. The summed E-state index contributed by atoms with van der Waals surface area (Å²) in [6.07, 6.45) is 2.21. The van der Waals surface area contributed by atoms with Crippen molar-refractivity contribution >= 4 is 5.91 Å². The molecule has 1 atom stereocenters. The van der Waals surface area contributed by atoms with E-state index in [2.05, 4.69) is 29.6 Å². The van der Waals surface area contributed by atoms with Crippen LogP contribution in [0.1, 0.15) is 24.5 Å². The van der Waals surface area contributed by atoms with E-state index in [0.29, 0.717) is 6.42 Å². The normalized spacial score (nSPS) is 11.8. The van der Waals surface area contributed by atoms with Crippen molar-refractivity contribution in [3.63, 3.8) is 0 Å². The molecule has 2 aromatic carbocycles. The third kappa shape index (κ3) is 4.88. The van der Waals surface area contributed by atoms with Crippen molar-refractivity contribution in [2.45, 2.75) is 32.2 Å². The quantitative estimate of drug-likeness (QED) is 0.854. The zero-order valence-electron chi connectivity index (χ0n) is 11.9. The first kappa shape index (κ1) is 14.3. The Bertz CT molecular complexity index is 522. The maximum absolute atomic E-state index is 11.9. The summed E-state index contributed by atoms with van der Waals surface area (Å²) >= 11 is 0. The number of aryl methyl sites for hydroxylation is 1. The highest BCUT2D eigenvalue weighted by molar-refractivity contribution is 5.76.